The molecule has 0 heterocycles. The van der Waals surface area contributed by atoms with Crippen molar-refractivity contribution in [1.29, 1.82) is 0 Å². The Labute approximate surface area is 371 Å². The summed E-state index contributed by atoms with van der Waals surface area (Å²) in [6.07, 6.45) is 48.8. The van der Waals surface area contributed by atoms with Gasteiger partial charge in [0.25, 0.3) is 0 Å². The number of aliphatic carboxylic acids is 1. The summed E-state index contributed by atoms with van der Waals surface area (Å²) in [4.78, 5) is 46.0. The van der Waals surface area contributed by atoms with Gasteiger partial charge in [-0.15, -0.1) is 0 Å². The van der Waals surface area contributed by atoms with Gasteiger partial charge in [0, 0.05) is 12.8 Å². The second-order valence-corrected chi connectivity index (χ2v) is 18.1. The van der Waals surface area contributed by atoms with Gasteiger partial charge in [-0.2, -0.15) is 0 Å². The van der Waals surface area contributed by atoms with E-state index in [1.807, 2.05) is 0 Å². The van der Waals surface area contributed by atoms with Crippen molar-refractivity contribution in [2.24, 2.45) is 0 Å². The number of carboxylic acid groups (broad SMARTS) is 1. The Bertz CT molecular complexity index is 1180. The Morgan fingerprint density at radius 2 is 0.902 bits per heavy atom. The van der Waals surface area contributed by atoms with E-state index < -0.39 is 57.6 Å². The number of hydrogen-bond donors (Lipinski definition) is 4. The standard InChI is InChI=1S/C49H90NO10P/c1-3-5-7-9-11-13-15-17-19-20-21-22-23-24-25-26-27-29-31-33-35-37-39-41-48(53)58-42-45(51)43-59-61(56,57)60-44-46(49(54)55)50-47(52)40-38-36-34-32-30-28-18-16-14-12-10-8-6-4-2/h11,13,16-19,45-46,51H,3-10,12,14-15,20-44H2,1-2H3,(H,50,52)(H,54,55)(H,56,57)/b13-11-,18-16-,19-17-. The molecule has 0 aliphatic heterocycles. The fourth-order valence-electron chi connectivity index (χ4n) is 6.81. The Morgan fingerprint density at radius 1 is 0.525 bits per heavy atom. The smallest absolute Gasteiger partial charge is 0.472 e. The number of unbranched alkanes of at least 4 members (excludes halogenated alkanes) is 26. The average Bonchev–Trinajstić information content (AvgIpc) is 3.24. The highest BCUT2D eigenvalue weighted by atomic mass is 31.2. The molecule has 0 aromatic heterocycles. The molecule has 61 heavy (non-hydrogen) atoms. The molecule has 1 amide bonds. The molecule has 0 aromatic rings. The number of aliphatic hydroxyl groups is 1. The van der Waals surface area contributed by atoms with Crippen molar-refractivity contribution in [3.8, 4) is 0 Å². The van der Waals surface area contributed by atoms with Crippen LogP contribution in [0.2, 0.25) is 0 Å². The van der Waals surface area contributed by atoms with Gasteiger partial charge in [-0.05, 0) is 70.6 Å². The molecule has 3 unspecified atom stereocenters. The summed E-state index contributed by atoms with van der Waals surface area (Å²) in [5, 5.41) is 21.9. The first kappa shape index (κ1) is 58.7. The number of allylic oxidation sites excluding steroid dienone is 6. The highest BCUT2D eigenvalue weighted by molar-refractivity contribution is 7.47. The maximum Gasteiger partial charge on any atom is 0.472 e. The Balaban J connectivity index is 3.81. The van der Waals surface area contributed by atoms with E-state index in [2.05, 4.69) is 55.6 Å². The molecule has 12 heteroatoms. The van der Waals surface area contributed by atoms with Crippen LogP contribution in [0.4, 0.5) is 0 Å². The summed E-state index contributed by atoms with van der Waals surface area (Å²) < 4.78 is 26.9. The Hall–Kier alpha value is -2.30. The van der Waals surface area contributed by atoms with Gasteiger partial charge in [-0.25, -0.2) is 9.36 Å². The third-order valence-corrected chi connectivity index (χ3v) is 11.6. The third-order valence-electron chi connectivity index (χ3n) is 10.7. The number of nitrogens with one attached hydrogen (secondary N) is 1. The fraction of sp³-hybridized carbons (Fsp3) is 0.816. The first-order valence-corrected chi connectivity index (χ1v) is 26.0. The second-order valence-electron chi connectivity index (χ2n) is 16.6. The molecule has 11 nitrogen and oxygen atoms in total. The molecule has 0 aliphatic carbocycles. The summed E-state index contributed by atoms with van der Waals surface area (Å²) in [5.41, 5.74) is 0. The van der Waals surface area contributed by atoms with Crippen molar-refractivity contribution in [2.75, 3.05) is 19.8 Å². The normalized spacial score (nSPS) is 13.9. The minimum atomic E-state index is -4.76. The summed E-state index contributed by atoms with van der Waals surface area (Å²) >= 11 is 0. The highest BCUT2D eigenvalue weighted by Crippen LogP contribution is 2.43. The quantitative estimate of drug-likeness (QED) is 0.0200. The summed E-state index contributed by atoms with van der Waals surface area (Å²) in [6.45, 7) is 2.57. The minimum Gasteiger partial charge on any atom is -0.480 e. The summed E-state index contributed by atoms with van der Waals surface area (Å²) in [6, 6.07) is -1.55. The molecule has 0 saturated carbocycles. The van der Waals surface area contributed by atoms with E-state index in [-0.39, 0.29) is 12.8 Å². The van der Waals surface area contributed by atoms with Gasteiger partial charge in [-0.1, -0.05) is 179 Å². The molecule has 0 fully saturated rings. The number of phosphoric ester groups is 1. The largest absolute Gasteiger partial charge is 0.480 e. The number of carboxylic acids is 1. The Kier molecular flexibility index (Phi) is 42.6. The number of rotatable bonds is 46. The molecule has 3 atom stereocenters. The van der Waals surface area contributed by atoms with Crippen LogP contribution < -0.4 is 5.32 Å². The molecule has 356 valence electrons. The fourth-order valence-corrected chi connectivity index (χ4v) is 7.58. The first-order valence-electron chi connectivity index (χ1n) is 24.5. The second kappa shape index (κ2) is 44.3. The summed E-state index contributed by atoms with van der Waals surface area (Å²) in [5.74, 6) is -2.38. The van der Waals surface area contributed by atoms with Gasteiger partial charge in [-0.3, -0.25) is 18.6 Å². The molecular weight excluding hydrogens is 794 g/mol. The zero-order valence-electron chi connectivity index (χ0n) is 38.7. The van der Waals surface area contributed by atoms with Crippen LogP contribution >= 0.6 is 7.82 Å². The number of carbonyl (C=O) groups excluding carboxylic acids is 2. The van der Waals surface area contributed by atoms with Crippen LogP contribution in [-0.4, -0.2) is 64.9 Å². The minimum absolute atomic E-state index is 0.136. The number of amides is 1. The van der Waals surface area contributed by atoms with E-state index in [0.717, 1.165) is 64.2 Å². The molecule has 0 rings (SSSR count). The van der Waals surface area contributed by atoms with E-state index in [4.69, 9.17) is 13.8 Å². The van der Waals surface area contributed by atoms with Crippen molar-refractivity contribution in [3.05, 3.63) is 36.5 Å². The van der Waals surface area contributed by atoms with Gasteiger partial charge >= 0.3 is 19.8 Å². The van der Waals surface area contributed by atoms with E-state index in [9.17, 15) is 34.1 Å². The van der Waals surface area contributed by atoms with Crippen LogP contribution in [0.25, 0.3) is 0 Å². The van der Waals surface area contributed by atoms with Crippen LogP contribution in [0.15, 0.2) is 36.5 Å². The monoisotopic (exact) mass is 884 g/mol. The molecule has 0 aromatic carbocycles. The lowest BCUT2D eigenvalue weighted by Crippen LogP contribution is -2.43. The number of ether oxygens (including phenoxy) is 1. The Morgan fingerprint density at radius 3 is 1.38 bits per heavy atom. The van der Waals surface area contributed by atoms with Gasteiger partial charge < -0.3 is 25.2 Å². The number of phosphoric acid groups is 1. The van der Waals surface area contributed by atoms with E-state index in [1.54, 1.807) is 0 Å². The molecule has 0 bridgehead atoms. The SMILES string of the molecule is CCCCC/C=C\C/C=C\CCCCCCCCCCCCCCCC(=O)OCC(O)COP(=O)(O)OCC(NC(=O)CCCCCCC/C=C\CCCCCCC)C(=O)O. The van der Waals surface area contributed by atoms with Crippen molar-refractivity contribution < 1.29 is 47.8 Å². The van der Waals surface area contributed by atoms with Gasteiger partial charge in [0.15, 0.2) is 6.04 Å². The maximum absolute atomic E-state index is 12.3. The number of aliphatic hydroxyl groups excluding tert-OH is 1. The molecule has 0 spiro atoms. The van der Waals surface area contributed by atoms with Crippen LogP contribution in [0.3, 0.4) is 0 Å². The van der Waals surface area contributed by atoms with Crippen LogP contribution in [-0.2, 0) is 32.7 Å². The predicted molar refractivity (Wildman–Crippen MR) is 249 cm³/mol. The topological polar surface area (TPSA) is 169 Å². The molecule has 0 saturated heterocycles. The lowest BCUT2D eigenvalue weighted by molar-refractivity contribution is -0.147. The van der Waals surface area contributed by atoms with Crippen LogP contribution in [0.5, 0.6) is 0 Å². The van der Waals surface area contributed by atoms with Crippen molar-refractivity contribution in [2.45, 2.75) is 238 Å². The molecule has 4 N–H and O–H groups in total. The van der Waals surface area contributed by atoms with E-state index in [1.165, 1.54) is 122 Å². The number of hydrogen-bond acceptors (Lipinski definition) is 8. The van der Waals surface area contributed by atoms with Crippen molar-refractivity contribution in [1.82, 2.24) is 5.32 Å². The van der Waals surface area contributed by atoms with Crippen molar-refractivity contribution in [3.63, 3.8) is 0 Å². The highest BCUT2D eigenvalue weighted by Gasteiger charge is 2.28. The summed E-state index contributed by atoms with van der Waals surface area (Å²) in [7, 11) is -4.76. The van der Waals surface area contributed by atoms with E-state index >= 15 is 0 Å². The van der Waals surface area contributed by atoms with Crippen LogP contribution in [0, 0.1) is 0 Å². The molecular formula is C49H90NO10P. The average molecular weight is 884 g/mol. The maximum atomic E-state index is 12.3. The van der Waals surface area contributed by atoms with Gasteiger partial charge in [0.05, 0.1) is 13.2 Å². The molecule has 0 radical (unpaired) electrons. The number of carbonyl (C=O) groups is 3. The third kappa shape index (κ3) is 44.1. The van der Waals surface area contributed by atoms with E-state index in [0.29, 0.717) is 12.8 Å². The van der Waals surface area contributed by atoms with Gasteiger partial charge in [0.1, 0.15) is 12.7 Å². The zero-order chi connectivity index (χ0) is 44.9. The zero-order valence-corrected chi connectivity index (χ0v) is 39.6. The lowest BCUT2D eigenvalue weighted by Gasteiger charge is -2.18. The molecule has 0 aliphatic rings. The van der Waals surface area contributed by atoms with Gasteiger partial charge in [0.2, 0.25) is 5.91 Å². The first-order chi connectivity index (χ1) is 29.6. The predicted octanol–water partition coefficient (Wildman–Crippen LogP) is 13.2. The number of esters is 1. The lowest BCUT2D eigenvalue weighted by atomic mass is 10.0. The van der Waals surface area contributed by atoms with Crippen molar-refractivity contribution >= 4 is 25.7 Å². The van der Waals surface area contributed by atoms with Crippen LogP contribution in [0.1, 0.15) is 226 Å².